The van der Waals surface area contributed by atoms with Crippen molar-refractivity contribution in [3.05, 3.63) is 76.1 Å². The van der Waals surface area contributed by atoms with Crippen LogP contribution in [0, 0.1) is 0 Å². The van der Waals surface area contributed by atoms with E-state index in [-0.39, 0.29) is 17.6 Å². The third kappa shape index (κ3) is 4.36. The maximum Gasteiger partial charge on any atom is 0.291 e. The van der Waals surface area contributed by atoms with Crippen LogP contribution in [0.5, 0.6) is 0 Å². The van der Waals surface area contributed by atoms with Crippen LogP contribution in [0.1, 0.15) is 49.8 Å². The molecule has 0 spiro atoms. The van der Waals surface area contributed by atoms with E-state index in [4.69, 9.17) is 4.42 Å². The summed E-state index contributed by atoms with van der Waals surface area (Å²) >= 11 is 1.55. The fourth-order valence-corrected chi connectivity index (χ4v) is 5.84. The van der Waals surface area contributed by atoms with E-state index in [9.17, 15) is 9.59 Å². The molecule has 2 amide bonds. The van der Waals surface area contributed by atoms with Crippen LogP contribution >= 0.6 is 11.3 Å². The topological polar surface area (TPSA) is 65.8 Å². The average Bonchev–Trinajstić information content (AvgIpc) is 3.48. The van der Waals surface area contributed by atoms with E-state index in [2.05, 4.69) is 34.5 Å². The van der Waals surface area contributed by atoms with Gasteiger partial charge < -0.3 is 14.6 Å². The highest BCUT2D eigenvalue weighted by Gasteiger charge is 2.31. The molecule has 1 fully saturated rings. The molecule has 2 aromatic heterocycles. The van der Waals surface area contributed by atoms with E-state index in [0.717, 1.165) is 50.9 Å². The number of fused-ring (bicyclic) bond motifs is 1. The highest BCUT2D eigenvalue weighted by Crippen LogP contribution is 2.39. The number of amides is 2. The largest absolute Gasteiger partial charge is 0.459 e. The summed E-state index contributed by atoms with van der Waals surface area (Å²) in [7, 11) is 0. The molecular weight excluding hydrogens is 422 g/mol. The van der Waals surface area contributed by atoms with Gasteiger partial charge in [-0.3, -0.25) is 14.5 Å². The van der Waals surface area contributed by atoms with Crippen LogP contribution in [0.2, 0.25) is 0 Å². The second-order valence-corrected chi connectivity index (χ2v) is 9.51. The van der Waals surface area contributed by atoms with Crippen LogP contribution in [-0.4, -0.2) is 47.8 Å². The molecule has 7 heteroatoms. The first-order valence-corrected chi connectivity index (χ1v) is 12.1. The number of carbonyl (C=O) groups excluding carboxylic acids is 2. The summed E-state index contributed by atoms with van der Waals surface area (Å²) in [4.78, 5) is 31.8. The highest BCUT2D eigenvalue weighted by atomic mass is 32.1. The zero-order valence-electron chi connectivity index (χ0n) is 18.0. The van der Waals surface area contributed by atoms with Crippen LogP contribution in [0.4, 0.5) is 5.00 Å². The predicted molar refractivity (Wildman–Crippen MR) is 125 cm³/mol. The molecule has 1 aliphatic heterocycles. The van der Waals surface area contributed by atoms with Crippen molar-refractivity contribution < 1.29 is 14.0 Å². The summed E-state index contributed by atoms with van der Waals surface area (Å²) < 4.78 is 5.24. The predicted octanol–water partition coefficient (Wildman–Crippen LogP) is 4.43. The summed E-state index contributed by atoms with van der Waals surface area (Å²) in [5.41, 5.74) is 3.12. The number of anilines is 1. The monoisotopic (exact) mass is 449 g/mol. The summed E-state index contributed by atoms with van der Waals surface area (Å²) in [6, 6.07) is 13.8. The van der Waals surface area contributed by atoms with E-state index in [1.165, 1.54) is 16.7 Å². The Morgan fingerprint density at radius 1 is 0.969 bits per heavy atom. The van der Waals surface area contributed by atoms with E-state index in [1.807, 2.05) is 11.0 Å². The quantitative estimate of drug-likeness (QED) is 0.626. The minimum atomic E-state index is -0.310. The lowest BCUT2D eigenvalue weighted by molar-refractivity contribution is 0.0628. The van der Waals surface area contributed by atoms with Gasteiger partial charge in [-0.15, -0.1) is 11.3 Å². The number of rotatable bonds is 5. The lowest BCUT2D eigenvalue weighted by Crippen LogP contribution is -2.48. The number of hydrogen-bond acceptors (Lipinski definition) is 5. The molecule has 6 nitrogen and oxygen atoms in total. The van der Waals surface area contributed by atoms with Crippen molar-refractivity contribution in [1.29, 1.82) is 0 Å². The molecule has 3 heterocycles. The standard InChI is InChI=1S/C25H27N3O3S/c29-23(20-10-6-16-31-20)26-24-22(19-9-4-5-11-21(19)32-24)25(30)28-14-12-27(13-15-28)17-18-7-2-1-3-8-18/h1-3,6-8,10,16H,4-5,9,11-15,17H2,(H,26,29). The number of aryl methyl sites for hydroxylation is 1. The molecule has 0 unspecified atom stereocenters. The zero-order valence-corrected chi connectivity index (χ0v) is 18.8. The van der Waals surface area contributed by atoms with Gasteiger partial charge in [0.2, 0.25) is 0 Å². The van der Waals surface area contributed by atoms with Gasteiger partial charge in [-0.05, 0) is 48.9 Å². The molecule has 0 radical (unpaired) electrons. The minimum absolute atomic E-state index is 0.0403. The van der Waals surface area contributed by atoms with Gasteiger partial charge in [0.15, 0.2) is 5.76 Å². The highest BCUT2D eigenvalue weighted by molar-refractivity contribution is 7.17. The molecule has 1 aromatic carbocycles. The van der Waals surface area contributed by atoms with Gasteiger partial charge in [0.05, 0.1) is 11.8 Å². The third-order valence-corrected chi connectivity index (χ3v) is 7.47. The molecule has 166 valence electrons. The van der Waals surface area contributed by atoms with Crippen molar-refractivity contribution in [3.8, 4) is 0 Å². The number of thiophene rings is 1. The van der Waals surface area contributed by atoms with Crippen LogP contribution in [0.25, 0.3) is 0 Å². The fraction of sp³-hybridized carbons (Fsp3) is 0.360. The van der Waals surface area contributed by atoms with Crippen LogP contribution in [-0.2, 0) is 19.4 Å². The second kappa shape index (κ2) is 9.30. The maximum atomic E-state index is 13.6. The Morgan fingerprint density at radius 2 is 1.75 bits per heavy atom. The van der Waals surface area contributed by atoms with Crippen LogP contribution < -0.4 is 5.32 Å². The van der Waals surface area contributed by atoms with E-state index >= 15 is 0 Å². The number of furan rings is 1. The molecule has 0 saturated carbocycles. The van der Waals surface area contributed by atoms with Crippen molar-refractivity contribution in [2.75, 3.05) is 31.5 Å². The first kappa shape index (κ1) is 21.0. The summed E-state index contributed by atoms with van der Waals surface area (Å²) in [5.74, 6) is -0.0156. The fourth-order valence-electron chi connectivity index (χ4n) is 4.56. The van der Waals surface area contributed by atoms with Gasteiger partial charge >= 0.3 is 0 Å². The molecule has 0 bridgehead atoms. The van der Waals surface area contributed by atoms with Crippen molar-refractivity contribution in [2.45, 2.75) is 32.2 Å². The Hall–Kier alpha value is -2.90. The Morgan fingerprint density at radius 3 is 2.50 bits per heavy atom. The molecular formula is C25H27N3O3S. The first-order valence-electron chi connectivity index (χ1n) is 11.2. The van der Waals surface area contributed by atoms with Crippen molar-refractivity contribution >= 4 is 28.2 Å². The Balaban J connectivity index is 1.32. The molecule has 32 heavy (non-hydrogen) atoms. The van der Waals surface area contributed by atoms with Crippen molar-refractivity contribution in [1.82, 2.24) is 9.80 Å². The van der Waals surface area contributed by atoms with Gasteiger partial charge in [0.25, 0.3) is 11.8 Å². The Labute approximate surface area is 191 Å². The van der Waals surface area contributed by atoms with Crippen molar-refractivity contribution in [3.63, 3.8) is 0 Å². The normalized spacial score (nSPS) is 16.6. The van der Waals surface area contributed by atoms with Crippen LogP contribution in [0.15, 0.2) is 53.1 Å². The average molecular weight is 450 g/mol. The van der Waals surface area contributed by atoms with E-state index in [0.29, 0.717) is 23.7 Å². The van der Waals surface area contributed by atoms with Gasteiger partial charge in [-0.2, -0.15) is 0 Å². The summed E-state index contributed by atoms with van der Waals surface area (Å²) in [5, 5.41) is 3.62. The molecule has 5 rings (SSSR count). The minimum Gasteiger partial charge on any atom is -0.459 e. The first-order chi connectivity index (χ1) is 15.7. The SMILES string of the molecule is O=C(Nc1sc2c(c1C(=O)N1CCN(Cc3ccccc3)CC1)CCCC2)c1ccco1. The lowest BCUT2D eigenvalue weighted by atomic mass is 9.95. The Kier molecular flexibility index (Phi) is 6.10. The van der Waals surface area contributed by atoms with Gasteiger partial charge in [-0.1, -0.05) is 30.3 Å². The van der Waals surface area contributed by atoms with Crippen LogP contribution in [0.3, 0.4) is 0 Å². The smallest absolute Gasteiger partial charge is 0.291 e. The zero-order chi connectivity index (χ0) is 21.9. The molecule has 0 atom stereocenters. The number of nitrogens with one attached hydrogen (secondary N) is 1. The van der Waals surface area contributed by atoms with Gasteiger partial charge in [-0.25, -0.2) is 0 Å². The summed E-state index contributed by atoms with van der Waals surface area (Å²) in [6.07, 6.45) is 5.57. The Bertz CT molecular complexity index is 1080. The number of piperazine rings is 1. The third-order valence-electron chi connectivity index (χ3n) is 6.27. The maximum absolute atomic E-state index is 13.6. The number of carbonyl (C=O) groups is 2. The van der Waals surface area contributed by atoms with Gasteiger partial charge in [0.1, 0.15) is 5.00 Å². The number of nitrogens with zero attached hydrogens (tertiary/aromatic N) is 2. The number of hydrogen-bond donors (Lipinski definition) is 1. The van der Waals surface area contributed by atoms with E-state index < -0.39 is 0 Å². The molecule has 3 aromatic rings. The molecule has 1 saturated heterocycles. The van der Waals surface area contributed by atoms with Crippen molar-refractivity contribution in [2.24, 2.45) is 0 Å². The lowest BCUT2D eigenvalue weighted by Gasteiger charge is -2.35. The number of benzene rings is 1. The van der Waals surface area contributed by atoms with Gasteiger partial charge in [0, 0.05) is 37.6 Å². The molecule has 2 aliphatic rings. The molecule has 1 N–H and O–H groups in total. The van der Waals surface area contributed by atoms with E-state index in [1.54, 1.807) is 23.5 Å². The molecule has 1 aliphatic carbocycles. The second-order valence-electron chi connectivity index (χ2n) is 8.40. The summed E-state index contributed by atoms with van der Waals surface area (Å²) in [6.45, 7) is 3.99.